The summed E-state index contributed by atoms with van der Waals surface area (Å²) < 4.78 is 10.5. The second kappa shape index (κ2) is 9.46. The van der Waals surface area contributed by atoms with E-state index in [0.717, 1.165) is 29.0 Å². The zero-order chi connectivity index (χ0) is 18.9. The molecule has 2 aromatic rings. The standard InChI is InChI=1S/C20H23NO5/c1-25-17-11-10-15(18(12-17)26-2)4-3-5-19(22)21-13-14-6-8-16(9-7-14)20(23)24/h6-12H,3-5,13H2,1-2H3,(H,21,22)(H,23,24). The fourth-order valence-corrected chi connectivity index (χ4v) is 2.55. The first-order valence-electron chi connectivity index (χ1n) is 8.33. The lowest BCUT2D eigenvalue weighted by Gasteiger charge is -2.10. The molecule has 0 saturated carbocycles. The second-order valence-corrected chi connectivity index (χ2v) is 5.81. The molecule has 0 radical (unpaired) electrons. The molecular formula is C20H23NO5. The Labute approximate surface area is 152 Å². The Hall–Kier alpha value is -3.02. The van der Waals surface area contributed by atoms with E-state index in [1.807, 2.05) is 18.2 Å². The van der Waals surface area contributed by atoms with Crippen molar-refractivity contribution >= 4 is 11.9 Å². The number of hydrogen-bond donors (Lipinski definition) is 2. The molecule has 0 bridgehead atoms. The van der Waals surface area contributed by atoms with Crippen LogP contribution in [0.25, 0.3) is 0 Å². The summed E-state index contributed by atoms with van der Waals surface area (Å²) in [6.45, 7) is 0.380. The molecule has 2 aromatic carbocycles. The molecule has 1 amide bonds. The van der Waals surface area contributed by atoms with Gasteiger partial charge < -0.3 is 19.9 Å². The number of benzene rings is 2. The van der Waals surface area contributed by atoms with Crippen LogP contribution in [0.2, 0.25) is 0 Å². The van der Waals surface area contributed by atoms with E-state index in [-0.39, 0.29) is 11.5 Å². The predicted molar refractivity (Wildman–Crippen MR) is 97.7 cm³/mol. The van der Waals surface area contributed by atoms with Crippen LogP contribution < -0.4 is 14.8 Å². The fourth-order valence-electron chi connectivity index (χ4n) is 2.55. The number of rotatable bonds is 9. The van der Waals surface area contributed by atoms with Crippen molar-refractivity contribution < 1.29 is 24.2 Å². The van der Waals surface area contributed by atoms with Gasteiger partial charge in [0.25, 0.3) is 0 Å². The highest BCUT2D eigenvalue weighted by Gasteiger charge is 2.07. The van der Waals surface area contributed by atoms with Gasteiger partial charge in [0.15, 0.2) is 0 Å². The number of carboxylic acids is 1. The molecule has 2 N–H and O–H groups in total. The van der Waals surface area contributed by atoms with Gasteiger partial charge in [-0.3, -0.25) is 4.79 Å². The maximum absolute atomic E-state index is 12.0. The topological polar surface area (TPSA) is 84.9 Å². The smallest absolute Gasteiger partial charge is 0.335 e. The molecule has 0 aliphatic rings. The van der Waals surface area contributed by atoms with Gasteiger partial charge in [0.1, 0.15) is 11.5 Å². The van der Waals surface area contributed by atoms with Gasteiger partial charge >= 0.3 is 5.97 Å². The zero-order valence-corrected chi connectivity index (χ0v) is 15.0. The minimum Gasteiger partial charge on any atom is -0.497 e. The second-order valence-electron chi connectivity index (χ2n) is 5.81. The molecule has 6 heteroatoms. The van der Waals surface area contributed by atoms with Crippen molar-refractivity contribution in [1.82, 2.24) is 5.32 Å². The summed E-state index contributed by atoms with van der Waals surface area (Å²) in [7, 11) is 3.22. The summed E-state index contributed by atoms with van der Waals surface area (Å²) in [6, 6.07) is 12.1. The van der Waals surface area contributed by atoms with Gasteiger partial charge in [0, 0.05) is 19.0 Å². The number of carbonyl (C=O) groups excluding carboxylic acids is 1. The molecule has 0 saturated heterocycles. The van der Waals surface area contributed by atoms with Gasteiger partial charge in [-0.25, -0.2) is 4.79 Å². The normalized spacial score (nSPS) is 10.2. The van der Waals surface area contributed by atoms with Crippen molar-refractivity contribution in [2.24, 2.45) is 0 Å². The number of methoxy groups -OCH3 is 2. The SMILES string of the molecule is COc1ccc(CCCC(=O)NCc2ccc(C(=O)O)cc2)c(OC)c1. The Kier molecular flexibility index (Phi) is 7.02. The van der Waals surface area contributed by atoms with Crippen molar-refractivity contribution in [2.45, 2.75) is 25.8 Å². The van der Waals surface area contributed by atoms with Crippen LogP contribution in [0.4, 0.5) is 0 Å². The van der Waals surface area contributed by atoms with Gasteiger partial charge in [-0.1, -0.05) is 18.2 Å². The molecule has 26 heavy (non-hydrogen) atoms. The van der Waals surface area contributed by atoms with E-state index in [1.165, 1.54) is 12.1 Å². The number of carbonyl (C=O) groups is 2. The van der Waals surface area contributed by atoms with Gasteiger partial charge in [0.2, 0.25) is 5.91 Å². The van der Waals surface area contributed by atoms with Crippen LogP contribution in [0.3, 0.4) is 0 Å². The Balaban J connectivity index is 1.77. The molecule has 0 fully saturated rings. The van der Waals surface area contributed by atoms with E-state index in [2.05, 4.69) is 5.32 Å². The number of carboxylic acid groups (broad SMARTS) is 1. The Morgan fingerprint density at radius 1 is 1.04 bits per heavy atom. The molecule has 6 nitrogen and oxygen atoms in total. The number of ether oxygens (including phenoxy) is 2. The van der Waals surface area contributed by atoms with Crippen LogP contribution >= 0.6 is 0 Å². The Morgan fingerprint density at radius 3 is 2.38 bits per heavy atom. The minimum absolute atomic E-state index is 0.0419. The molecule has 138 valence electrons. The third-order valence-corrected chi connectivity index (χ3v) is 4.03. The molecule has 2 rings (SSSR count). The first-order valence-corrected chi connectivity index (χ1v) is 8.33. The summed E-state index contributed by atoms with van der Waals surface area (Å²) in [5.74, 6) is 0.481. The van der Waals surface area contributed by atoms with Crippen molar-refractivity contribution in [3.05, 3.63) is 59.2 Å². The largest absolute Gasteiger partial charge is 0.497 e. The van der Waals surface area contributed by atoms with E-state index in [0.29, 0.717) is 19.4 Å². The highest BCUT2D eigenvalue weighted by Crippen LogP contribution is 2.25. The summed E-state index contributed by atoms with van der Waals surface area (Å²) >= 11 is 0. The van der Waals surface area contributed by atoms with Crippen LogP contribution in [-0.4, -0.2) is 31.2 Å². The van der Waals surface area contributed by atoms with Crippen molar-refractivity contribution in [1.29, 1.82) is 0 Å². The van der Waals surface area contributed by atoms with Crippen LogP contribution in [0, 0.1) is 0 Å². The number of amides is 1. The molecule has 0 aromatic heterocycles. The van der Waals surface area contributed by atoms with E-state index >= 15 is 0 Å². The average Bonchev–Trinajstić information content (AvgIpc) is 2.66. The zero-order valence-electron chi connectivity index (χ0n) is 15.0. The first kappa shape index (κ1) is 19.3. The van der Waals surface area contributed by atoms with Crippen LogP contribution in [-0.2, 0) is 17.8 Å². The number of aromatic carboxylic acids is 1. The third-order valence-electron chi connectivity index (χ3n) is 4.03. The van der Waals surface area contributed by atoms with Gasteiger partial charge in [-0.2, -0.15) is 0 Å². The van der Waals surface area contributed by atoms with Crippen molar-refractivity contribution in [3.8, 4) is 11.5 Å². The quantitative estimate of drug-likeness (QED) is 0.720. The van der Waals surface area contributed by atoms with E-state index in [4.69, 9.17) is 14.6 Å². The first-order chi connectivity index (χ1) is 12.5. The molecular weight excluding hydrogens is 334 g/mol. The molecule has 0 heterocycles. The lowest BCUT2D eigenvalue weighted by molar-refractivity contribution is -0.121. The molecule has 0 spiro atoms. The maximum atomic E-state index is 12.0. The average molecular weight is 357 g/mol. The van der Waals surface area contributed by atoms with E-state index in [9.17, 15) is 9.59 Å². The van der Waals surface area contributed by atoms with Gasteiger partial charge in [-0.15, -0.1) is 0 Å². The highest BCUT2D eigenvalue weighted by molar-refractivity contribution is 5.87. The minimum atomic E-state index is -0.963. The lowest BCUT2D eigenvalue weighted by atomic mass is 10.1. The van der Waals surface area contributed by atoms with Gasteiger partial charge in [0.05, 0.1) is 19.8 Å². The van der Waals surface area contributed by atoms with Gasteiger partial charge in [-0.05, 0) is 42.2 Å². The molecule has 0 aliphatic heterocycles. The van der Waals surface area contributed by atoms with Crippen LogP contribution in [0.15, 0.2) is 42.5 Å². The Bertz CT molecular complexity index is 755. The molecule has 0 atom stereocenters. The number of nitrogens with one attached hydrogen (secondary N) is 1. The van der Waals surface area contributed by atoms with Crippen molar-refractivity contribution in [2.75, 3.05) is 14.2 Å². The number of hydrogen-bond acceptors (Lipinski definition) is 4. The summed E-state index contributed by atoms with van der Waals surface area (Å²) in [4.78, 5) is 22.8. The third kappa shape index (κ3) is 5.51. The monoisotopic (exact) mass is 357 g/mol. The van der Waals surface area contributed by atoms with Crippen LogP contribution in [0.1, 0.15) is 34.3 Å². The maximum Gasteiger partial charge on any atom is 0.335 e. The Morgan fingerprint density at radius 2 is 1.77 bits per heavy atom. The fraction of sp³-hybridized carbons (Fsp3) is 0.300. The lowest BCUT2D eigenvalue weighted by Crippen LogP contribution is -2.22. The highest BCUT2D eigenvalue weighted by atomic mass is 16.5. The van der Waals surface area contributed by atoms with Crippen LogP contribution in [0.5, 0.6) is 11.5 Å². The summed E-state index contributed by atoms with van der Waals surface area (Å²) in [5.41, 5.74) is 2.12. The van der Waals surface area contributed by atoms with E-state index in [1.54, 1.807) is 26.4 Å². The molecule has 0 unspecified atom stereocenters. The van der Waals surface area contributed by atoms with E-state index < -0.39 is 5.97 Å². The predicted octanol–water partition coefficient (Wildman–Crippen LogP) is 3.04. The number of aryl methyl sites for hydroxylation is 1. The summed E-state index contributed by atoms with van der Waals surface area (Å²) in [5, 5.41) is 11.7. The molecule has 0 aliphatic carbocycles. The van der Waals surface area contributed by atoms with Crippen molar-refractivity contribution in [3.63, 3.8) is 0 Å². The summed E-state index contributed by atoms with van der Waals surface area (Å²) in [6.07, 6.45) is 1.84.